The Morgan fingerprint density at radius 3 is 2.36 bits per heavy atom. The second-order valence-corrected chi connectivity index (χ2v) is 5.31. The third kappa shape index (κ3) is 2.20. The van der Waals surface area contributed by atoms with Crippen LogP contribution in [0.2, 0.25) is 0 Å². The normalized spacial score (nSPS) is 12.0. The molecule has 0 aromatic carbocycles. The molecule has 14 heavy (non-hydrogen) atoms. The molecule has 0 radical (unpaired) electrons. The van der Waals surface area contributed by atoms with Crippen LogP contribution in [0.25, 0.3) is 0 Å². The van der Waals surface area contributed by atoms with Crippen LogP contribution in [0.1, 0.15) is 25.5 Å². The molecule has 0 bridgehead atoms. The first-order valence-corrected chi connectivity index (χ1v) is 5.97. The van der Waals surface area contributed by atoms with Gasteiger partial charge in [-0.3, -0.25) is 4.98 Å². The van der Waals surface area contributed by atoms with E-state index in [2.05, 4.69) is 9.97 Å². The molecule has 0 amide bonds. The van der Waals surface area contributed by atoms with Crippen LogP contribution in [0, 0.1) is 0 Å². The second-order valence-electron chi connectivity index (χ2n) is 3.34. The van der Waals surface area contributed by atoms with Crippen LogP contribution in [0.5, 0.6) is 5.88 Å². The Morgan fingerprint density at radius 1 is 1.43 bits per heavy atom. The summed E-state index contributed by atoms with van der Waals surface area (Å²) >= 11 is 0. The maximum Gasteiger partial charge on any atom is 0.234 e. The molecule has 1 aromatic rings. The minimum atomic E-state index is -3.40. The molecule has 6 heteroatoms. The van der Waals surface area contributed by atoms with Crippen molar-refractivity contribution >= 4 is 9.84 Å². The van der Waals surface area contributed by atoms with Gasteiger partial charge in [-0.15, -0.1) is 0 Å². The lowest BCUT2D eigenvalue weighted by molar-refractivity contribution is 0.430. The van der Waals surface area contributed by atoms with E-state index >= 15 is 0 Å². The summed E-state index contributed by atoms with van der Waals surface area (Å²) in [5.41, 5.74) is 0.400. The van der Waals surface area contributed by atoms with E-state index in [0.717, 1.165) is 12.5 Å². The Hall–Kier alpha value is -1.17. The van der Waals surface area contributed by atoms with Crippen LogP contribution in [-0.2, 0) is 9.84 Å². The van der Waals surface area contributed by atoms with Crippen LogP contribution in [0.15, 0.2) is 11.2 Å². The van der Waals surface area contributed by atoms with E-state index < -0.39 is 9.84 Å². The summed E-state index contributed by atoms with van der Waals surface area (Å²) in [6.07, 6.45) is 2.18. The molecule has 0 fully saturated rings. The third-order valence-corrected chi connectivity index (χ3v) is 2.64. The maximum absolute atomic E-state index is 11.1. The summed E-state index contributed by atoms with van der Waals surface area (Å²) in [6.45, 7) is 3.67. The number of nitrogens with zero attached hydrogens (tertiary/aromatic N) is 2. The zero-order valence-electron chi connectivity index (χ0n) is 8.22. The summed E-state index contributed by atoms with van der Waals surface area (Å²) in [5, 5.41) is 9.18. The van der Waals surface area contributed by atoms with Crippen molar-refractivity contribution < 1.29 is 13.5 Å². The van der Waals surface area contributed by atoms with Gasteiger partial charge in [0.25, 0.3) is 0 Å². The van der Waals surface area contributed by atoms with Crippen molar-refractivity contribution in [3.8, 4) is 5.88 Å². The molecule has 0 aliphatic heterocycles. The van der Waals surface area contributed by atoms with Gasteiger partial charge in [-0.05, 0) is 0 Å². The largest absolute Gasteiger partial charge is 0.492 e. The summed E-state index contributed by atoms with van der Waals surface area (Å²) in [6, 6.07) is 0. The van der Waals surface area contributed by atoms with E-state index in [1.807, 2.05) is 13.8 Å². The van der Waals surface area contributed by atoms with E-state index in [1.165, 1.54) is 0 Å². The lowest BCUT2D eigenvalue weighted by Gasteiger charge is -2.06. The van der Waals surface area contributed by atoms with Crippen molar-refractivity contribution in [2.24, 2.45) is 0 Å². The molecule has 0 unspecified atom stereocenters. The van der Waals surface area contributed by atoms with E-state index in [1.54, 1.807) is 0 Å². The quantitative estimate of drug-likeness (QED) is 0.787. The first kappa shape index (κ1) is 10.9. The Labute approximate surface area is 82.8 Å². The predicted octanol–water partition coefficient (Wildman–Crippen LogP) is 0.709. The fourth-order valence-corrected chi connectivity index (χ4v) is 1.46. The lowest BCUT2D eigenvalue weighted by Crippen LogP contribution is -2.04. The van der Waals surface area contributed by atoms with Crippen LogP contribution < -0.4 is 0 Å². The highest BCUT2D eigenvalue weighted by atomic mass is 32.2. The zero-order valence-corrected chi connectivity index (χ0v) is 9.04. The van der Waals surface area contributed by atoms with Gasteiger partial charge in [0.15, 0.2) is 14.9 Å². The molecule has 1 N–H and O–H groups in total. The number of hydrogen-bond donors (Lipinski definition) is 1. The third-order valence-electron chi connectivity index (χ3n) is 1.69. The van der Waals surface area contributed by atoms with E-state index in [0.29, 0.717) is 5.69 Å². The van der Waals surface area contributed by atoms with Crippen molar-refractivity contribution in [3.05, 3.63) is 11.9 Å². The minimum absolute atomic E-state index is 0.0103. The molecule has 1 rings (SSSR count). The molecular weight excluding hydrogens is 204 g/mol. The smallest absolute Gasteiger partial charge is 0.234 e. The Balaban J connectivity index is 3.27. The first-order valence-electron chi connectivity index (χ1n) is 4.08. The number of rotatable bonds is 2. The Bertz CT molecular complexity index is 440. The molecule has 1 aromatic heterocycles. The van der Waals surface area contributed by atoms with Gasteiger partial charge >= 0.3 is 0 Å². The predicted molar refractivity (Wildman–Crippen MR) is 50.9 cm³/mol. The van der Waals surface area contributed by atoms with Gasteiger partial charge in [-0.25, -0.2) is 8.42 Å². The molecule has 1 heterocycles. The standard InChI is InChI=1S/C8H12N2O3S/c1-5(2)7-8(11)10-6(4-9-7)14(3,12)13/h4-5H,1-3H3,(H,10,11). The van der Waals surface area contributed by atoms with Crippen molar-refractivity contribution in [1.29, 1.82) is 0 Å². The summed E-state index contributed by atoms with van der Waals surface area (Å²) in [7, 11) is -3.40. The van der Waals surface area contributed by atoms with Crippen molar-refractivity contribution in [1.82, 2.24) is 9.97 Å². The summed E-state index contributed by atoms with van der Waals surface area (Å²) in [5.74, 6) is -0.306. The van der Waals surface area contributed by atoms with Gasteiger partial charge < -0.3 is 5.11 Å². The number of aromatic hydroxyl groups is 1. The van der Waals surface area contributed by atoms with Crippen LogP contribution >= 0.6 is 0 Å². The van der Waals surface area contributed by atoms with E-state index in [4.69, 9.17) is 0 Å². The molecule has 0 aliphatic carbocycles. The van der Waals surface area contributed by atoms with Crippen LogP contribution in [-0.4, -0.2) is 29.7 Å². The van der Waals surface area contributed by atoms with Gasteiger partial charge in [0.05, 0.1) is 6.20 Å². The highest BCUT2D eigenvalue weighted by Crippen LogP contribution is 2.21. The van der Waals surface area contributed by atoms with Gasteiger partial charge in [0.1, 0.15) is 5.69 Å². The highest BCUT2D eigenvalue weighted by molar-refractivity contribution is 7.90. The van der Waals surface area contributed by atoms with Gasteiger partial charge in [-0.2, -0.15) is 4.98 Å². The lowest BCUT2D eigenvalue weighted by atomic mass is 10.1. The zero-order chi connectivity index (χ0) is 10.9. The first-order chi connectivity index (χ1) is 6.32. The van der Waals surface area contributed by atoms with Crippen LogP contribution in [0.4, 0.5) is 0 Å². The molecule has 0 saturated carbocycles. The number of sulfone groups is 1. The molecule has 0 atom stereocenters. The van der Waals surface area contributed by atoms with Crippen molar-refractivity contribution in [3.63, 3.8) is 0 Å². The van der Waals surface area contributed by atoms with Gasteiger partial charge in [0, 0.05) is 12.2 Å². The Kier molecular flexibility index (Phi) is 2.75. The number of aromatic nitrogens is 2. The summed E-state index contributed by atoms with van der Waals surface area (Å²) in [4.78, 5) is 7.42. The average Bonchev–Trinajstić information content (AvgIpc) is 2.01. The SMILES string of the molecule is CC(C)c1ncc(S(C)(=O)=O)nc1O. The number of hydrogen-bond acceptors (Lipinski definition) is 5. The molecule has 0 aliphatic rings. The maximum atomic E-state index is 11.1. The second kappa shape index (κ2) is 3.53. The molecule has 0 saturated heterocycles. The van der Waals surface area contributed by atoms with E-state index in [9.17, 15) is 13.5 Å². The molecule has 5 nitrogen and oxygen atoms in total. The fraction of sp³-hybridized carbons (Fsp3) is 0.500. The van der Waals surface area contributed by atoms with Gasteiger partial charge in [0.2, 0.25) is 5.88 Å². The van der Waals surface area contributed by atoms with Crippen molar-refractivity contribution in [2.75, 3.05) is 6.26 Å². The summed E-state index contributed by atoms with van der Waals surface area (Å²) < 4.78 is 22.1. The fourth-order valence-electron chi connectivity index (χ4n) is 0.959. The molecule has 0 spiro atoms. The minimum Gasteiger partial charge on any atom is -0.492 e. The van der Waals surface area contributed by atoms with E-state index in [-0.39, 0.29) is 16.8 Å². The topological polar surface area (TPSA) is 80.2 Å². The highest BCUT2D eigenvalue weighted by Gasteiger charge is 2.15. The van der Waals surface area contributed by atoms with Crippen LogP contribution in [0.3, 0.4) is 0 Å². The molecular formula is C8H12N2O3S. The Morgan fingerprint density at radius 2 is 2.00 bits per heavy atom. The van der Waals surface area contributed by atoms with Crippen molar-refractivity contribution in [2.45, 2.75) is 24.8 Å². The average molecular weight is 216 g/mol. The van der Waals surface area contributed by atoms with Gasteiger partial charge in [-0.1, -0.05) is 13.8 Å². The monoisotopic (exact) mass is 216 g/mol. The molecule has 78 valence electrons.